The molecule has 0 saturated carbocycles. The lowest BCUT2D eigenvalue weighted by molar-refractivity contribution is 0.549. The van der Waals surface area contributed by atoms with E-state index >= 15 is 0 Å². The summed E-state index contributed by atoms with van der Waals surface area (Å²) in [5, 5.41) is 8.99. The number of nitrogens with one attached hydrogen (secondary N) is 1. The number of nitriles is 1. The van der Waals surface area contributed by atoms with E-state index in [0.717, 1.165) is 5.56 Å². The van der Waals surface area contributed by atoms with E-state index in [2.05, 4.69) is 9.71 Å². The first-order chi connectivity index (χ1) is 10.1. The first kappa shape index (κ1) is 15.2. The Balaban J connectivity index is 2.35. The number of aromatic nitrogens is 1. The minimum Gasteiger partial charge on any atom is -0.244 e. The molecule has 1 unspecified atom stereocenters. The van der Waals surface area contributed by atoms with Crippen LogP contribution in [0.2, 0.25) is 0 Å². The van der Waals surface area contributed by atoms with Gasteiger partial charge in [0.1, 0.15) is 11.0 Å². The summed E-state index contributed by atoms with van der Waals surface area (Å²) in [6, 6.07) is 13.7. The summed E-state index contributed by atoms with van der Waals surface area (Å²) < 4.78 is 27.5. The Morgan fingerprint density at radius 1 is 1.24 bits per heavy atom. The molecule has 5 nitrogen and oxygen atoms in total. The monoisotopic (exact) mass is 301 g/mol. The van der Waals surface area contributed by atoms with Gasteiger partial charge in [0.25, 0.3) is 0 Å². The summed E-state index contributed by atoms with van der Waals surface area (Å²) in [7, 11) is -3.80. The van der Waals surface area contributed by atoms with Gasteiger partial charge in [-0.05, 0) is 24.1 Å². The Morgan fingerprint density at radius 3 is 2.57 bits per heavy atom. The number of sulfonamides is 1. The molecule has 0 radical (unpaired) electrons. The molecule has 0 aliphatic rings. The van der Waals surface area contributed by atoms with Gasteiger partial charge in [-0.25, -0.2) is 18.1 Å². The molecule has 1 heterocycles. The lowest BCUT2D eigenvalue weighted by Gasteiger charge is -2.17. The van der Waals surface area contributed by atoms with Gasteiger partial charge in [0, 0.05) is 12.2 Å². The van der Waals surface area contributed by atoms with Gasteiger partial charge in [0.05, 0.1) is 0 Å². The molecule has 1 N–H and O–H groups in total. The molecule has 0 aliphatic carbocycles. The average molecular weight is 301 g/mol. The number of pyridine rings is 1. The van der Waals surface area contributed by atoms with Crippen LogP contribution in [0.25, 0.3) is 0 Å². The Kier molecular flexibility index (Phi) is 4.68. The summed E-state index contributed by atoms with van der Waals surface area (Å²) in [6.07, 6.45) is 2.00. The largest absolute Gasteiger partial charge is 0.244 e. The number of nitrogens with zero attached hydrogens (tertiary/aromatic N) is 2. The fourth-order valence-electron chi connectivity index (χ4n) is 2.01. The van der Waals surface area contributed by atoms with Crippen LogP contribution >= 0.6 is 0 Å². The summed E-state index contributed by atoms with van der Waals surface area (Å²) in [5.41, 5.74) is 0.777. The highest BCUT2D eigenvalue weighted by Crippen LogP contribution is 2.20. The van der Waals surface area contributed by atoms with Gasteiger partial charge in [-0.3, -0.25) is 0 Å². The molecule has 2 aromatic rings. The van der Waals surface area contributed by atoms with E-state index in [4.69, 9.17) is 5.26 Å². The molecule has 0 saturated heterocycles. The first-order valence-electron chi connectivity index (χ1n) is 6.51. The first-order valence-corrected chi connectivity index (χ1v) is 7.99. The van der Waals surface area contributed by atoms with Crippen LogP contribution in [0.15, 0.2) is 53.6 Å². The molecule has 108 valence electrons. The second-order valence-electron chi connectivity index (χ2n) is 4.45. The third-order valence-electron chi connectivity index (χ3n) is 3.07. The maximum absolute atomic E-state index is 12.5. The predicted octanol–water partition coefficient (Wildman–Crippen LogP) is 2.38. The Bertz CT molecular complexity index is 752. The van der Waals surface area contributed by atoms with Crippen LogP contribution in [0.1, 0.15) is 30.6 Å². The van der Waals surface area contributed by atoms with E-state index in [-0.39, 0.29) is 16.6 Å². The van der Waals surface area contributed by atoms with Crippen molar-refractivity contribution in [3.05, 3.63) is 59.9 Å². The van der Waals surface area contributed by atoms with Crippen LogP contribution in [-0.2, 0) is 10.0 Å². The lowest BCUT2D eigenvalue weighted by Crippen LogP contribution is -2.29. The second-order valence-corrected chi connectivity index (χ2v) is 6.14. The molecule has 0 spiro atoms. The number of benzene rings is 1. The normalized spacial score (nSPS) is 12.6. The van der Waals surface area contributed by atoms with Crippen molar-refractivity contribution in [3.8, 4) is 6.07 Å². The van der Waals surface area contributed by atoms with Crippen molar-refractivity contribution < 1.29 is 8.42 Å². The fourth-order valence-corrected chi connectivity index (χ4v) is 3.43. The second kappa shape index (κ2) is 6.48. The molecule has 1 aromatic heterocycles. The molecule has 2 rings (SSSR count). The molecule has 0 fully saturated rings. The van der Waals surface area contributed by atoms with Crippen molar-refractivity contribution in [3.63, 3.8) is 0 Å². The number of rotatable bonds is 5. The molecule has 6 heteroatoms. The predicted molar refractivity (Wildman–Crippen MR) is 78.7 cm³/mol. The van der Waals surface area contributed by atoms with Gasteiger partial charge in [0.15, 0.2) is 5.69 Å². The van der Waals surface area contributed by atoms with Crippen molar-refractivity contribution in [2.75, 3.05) is 0 Å². The van der Waals surface area contributed by atoms with E-state index in [1.807, 2.05) is 37.3 Å². The molecule has 21 heavy (non-hydrogen) atoms. The van der Waals surface area contributed by atoms with Gasteiger partial charge in [-0.1, -0.05) is 37.3 Å². The maximum Gasteiger partial charge on any atom is 0.244 e. The van der Waals surface area contributed by atoms with Crippen LogP contribution in [0.4, 0.5) is 0 Å². The molecular formula is C15H15N3O2S. The van der Waals surface area contributed by atoms with Crippen molar-refractivity contribution in [2.45, 2.75) is 24.3 Å². The van der Waals surface area contributed by atoms with Crippen LogP contribution < -0.4 is 4.72 Å². The van der Waals surface area contributed by atoms with E-state index in [1.165, 1.54) is 18.3 Å². The average Bonchev–Trinajstić information content (AvgIpc) is 2.53. The smallest absolute Gasteiger partial charge is 0.244 e. The van der Waals surface area contributed by atoms with Crippen molar-refractivity contribution in [1.29, 1.82) is 5.26 Å². The standard InChI is InChI=1S/C15H15N3O2S/c1-2-13(12-7-4-3-5-8-12)18-21(19,20)15-9-6-10-17-14(15)11-16/h3-10,13,18H,2H2,1H3. The van der Waals surface area contributed by atoms with E-state index in [1.54, 1.807) is 6.07 Å². The van der Waals surface area contributed by atoms with Gasteiger partial charge in [0.2, 0.25) is 10.0 Å². The molecule has 1 aromatic carbocycles. The van der Waals surface area contributed by atoms with E-state index in [9.17, 15) is 8.42 Å². The summed E-state index contributed by atoms with van der Waals surface area (Å²) in [5.74, 6) is 0. The van der Waals surface area contributed by atoms with Gasteiger partial charge < -0.3 is 0 Å². The third kappa shape index (κ3) is 3.45. The summed E-state index contributed by atoms with van der Waals surface area (Å²) in [6.45, 7) is 1.90. The molecule has 0 bridgehead atoms. The highest BCUT2D eigenvalue weighted by Gasteiger charge is 2.23. The van der Waals surface area contributed by atoms with Gasteiger partial charge >= 0.3 is 0 Å². The Labute approximate surface area is 124 Å². The number of hydrogen-bond acceptors (Lipinski definition) is 4. The lowest BCUT2D eigenvalue weighted by atomic mass is 10.1. The van der Waals surface area contributed by atoms with Crippen molar-refractivity contribution in [2.24, 2.45) is 0 Å². The molecule has 0 amide bonds. The maximum atomic E-state index is 12.5. The Morgan fingerprint density at radius 2 is 1.95 bits per heavy atom. The third-order valence-corrected chi connectivity index (χ3v) is 4.58. The minimum atomic E-state index is -3.80. The van der Waals surface area contributed by atoms with E-state index < -0.39 is 10.0 Å². The highest BCUT2D eigenvalue weighted by atomic mass is 32.2. The zero-order valence-electron chi connectivity index (χ0n) is 11.5. The topological polar surface area (TPSA) is 82.8 Å². The summed E-state index contributed by atoms with van der Waals surface area (Å²) >= 11 is 0. The van der Waals surface area contributed by atoms with Crippen molar-refractivity contribution in [1.82, 2.24) is 9.71 Å². The molecule has 1 atom stereocenters. The van der Waals surface area contributed by atoms with Gasteiger partial charge in [-0.2, -0.15) is 5.26 Å². The molecular weight excluding hydrogens is 286 g/mol. The van der Waals surface area contributed by atoms with Gasteiger partial charge in [-0.15, -0.1) is 0 Å². The fraction of sp³-hybridized carbons (Fsp3) is 0.200. The van der Waals surface area contributed by atoms with Crippen LogP contribution in [0.5, 0.6) is 0 Å². The SMILES string of the molecule is CCC(NS(=O)(=O)c1cccnc1C#N)c1ccccc1. The van der Waals surface area contributed by atoms with Crippen molar-refractivity contribution >= 4 is 10.0 Å². The highest BCUT2D eigenvalue weighted by molar-refractivity contribution is 7.89. The summed E-state index contributed by atoms with van der Waals surface area (Å²) in [4.78, 5) is 3.69. The Hall–Kier alpha value is -2.23. The minimum absolute atomic E-state index is 0.0955. The zero-order valence-corrected chi connectivity index (χ0v) is 12.3. The van der Waals surface area contributed by atoms with Crippen LogP contribution in [0.3, 0.4) is 0 Å². The quantitative estimate of drug-likeness (QED) is 0.919. The van der Waals surface area contributed by atoms with Crippen LogP contribution in [0, 0.1) is 11.3 Å². The zero-order chi connectivity index (χ0) is 15.3. The molecule has 0 aliphatic heterocycles. The van der Waals surface area contributed by atoms with E-state index in [0.29, 0.717) is 6.42 Å². The van der Waals surface area contributed by atoms with Crippen LogP contribution in [-0.4, -0.2) is 13.4 Å². The number of hydrogen-bond donors (Lipinski definition) is 1.